The van der Waals surface area contributed by atoms with Gasteiger partial charge in [-0.15, -0.1) is 5.10 Å². The third-order valence-electron chi connectivity index (χ3n) is 2.24. The molecule has 0 spiro atoms. The summed E-state index contributed by atoms with van der Waals surface area (Å²) in [6.07, 6.45) is 2.22. The highest BCUT2D eigenvalue weighted by atomic mass is 35.5. The van der Waals surface area contributed by atoms with Gasteiger partial charge in [-0.25, -0.2) is 9.97 Å². The standard InChI is InChI=1S/C10H11ClN4OS/c1-3-7-12-8(4-2)15(14-7)10-13-9(11)6(5-16)17-10/h5H,3-4H2,1-2H3. The lowest BCUT2D eigenvalue weighted by molar-refractivity contribution is 0.112. The van der Waals surface area contributed by atoms with Gasteiger partial charge in [0, 0.05) is 12.8 Å². The molecule has 0 saturated carbocycles. The Morgan fingerprint density at radius 3 is 2.65 bits per heavy atom. The van der Waals surface area contributed by atoms with Gasteiger partial charge in [-0.3, -0.25) is 4.79 Å². The fraction of sp³-hybridized carbons (Fsp3) is 0.400. The van der Waals surface area contributed by atoms with Gasteiger partial charge in [0.25, 0.3) is 0 Å². The van der Waals surface area contributed by atoms with Crippen molar-refractivity contribution in [2.45, 2.75) is 26.7 Å². The number of aryl methyl sites for hydroxylation is 2. The monoisotopic (exact) mass is 270 g/mol. The molecule has 2 aromatic heterocycles. The van der Waals surface area contributed by atoms with Crippen LogP contribution in [0.2, 0.25) is 5.15 Å². The summed E-state index contributed by atoms with van der Waals surface area (Å²) < 4.78 is 1.66. The molecule has 0 aromatic carbocycles. The van der Waals surface area contributed by atoms with E-state index in [4.69, 9.17) is 11.6 Å². The number of rotatable bonds is 4. The summed E-state index contributed by atoms with van der Waals surface area (Å²) in [6.45, 7) is 3.99. The number of aldehydes is 1. The lowest BCUT2D eigenvalue weighted by atomic mass is 10.4. The van der Waals surface area contributed by atoms with E-state index >= 15 is 0 Å². The minimum atomic E-state index is 0.218. The maximum absolute atomic E-state index is 10.7. The zero-order chi connectivity index (χ0) is 12.4. The third-order valence-corrected chi connectivity index (χ3v) is 3.59. The molecule has 0 unspecified atom stereocenters. The van der Waals surface area contributed by atoms with Gasteiger partial charge < -0.3 is 0 Å². The minimum absolute atomic E-state index is 0.218. The zero-order valence-corrected chi connectivity index (χ0v) is 11.0. The number of halogens is 1. The van der Waals surface area contributed by atoms with Crippen LogP contribution in [0.25, 0.3) is 5.13 Å². The number of thiazole rings is 1. The number of carbonyl (C=O) groups is 1. The molecule has 0 aliphatic heterocycles. The highest BCUT2D eigenvalue weighted by molar-refractivity contribution is 7.16. The molecule has 0 radical (unpaired) electrons. The van der Waals surface area contributed by atoms with Gasteiger partial charge in [0.05, 0.1) is 0 Å². The van der Waals surface area contributed by atoms with Gasteiger partial charge in [0.15, 0.2) is 17.3 Å². The molecule has 5 nitrogen and oxygen atoms in total. The maximum Gasteiger partial charge on any atom is 0.214 e. The van der Waals surface area contributed by atoms with E-state index in [1.807, 2.05) is 13.8 Å². The van der Waals surface area contributed by atoms with Crippen LogP contribution in [0.4, 0.5) is 0 Å². The highest BCUT2D eigenvalue weighted by Crippen LogP contribution is 2.24. The normalized spacial score (nSPS) is 10.8. The molecule has 2 aromatic rings. The van der Waals surface area contributed by atoms with Gasteiger partial charge >= 0.3 is 0 Å². The smallest absolute Gasteiger partial charge is 0.214 e. The highest BCUT2D eigenvalue weighted by Gasteiger charge is 2.15. The molecular weight excluding hydrogens is 260 g/mol. The first-order chi connectivity index (χ1) is 8.19. The van der Waals surface area contributed by atoms with Crippen molar-refractivity contribution in [2.75, 3.05) is 0 Å². The van der Waals surface area contributed by atoms with Crippen LogP contribution in [0.1, 0.15) is 35.2 Å². The Balaban J connectivity index is 2.50. The van der Waals surface area contributed by atoms with E-state index in [1.54, 1.807) is 4.68 Å². The van der Waals surface area contributed by atoms with Crippen molar-refractivity contribution >= 4 is 29.2 Å². The van der Waals surface area contributed by atoms with E-state index < -0.39 is 0 Å². The fourth-order valence-corrected chi connectivity index (χ4v) is 2.42. The van der Waals surface area contributed by atoms with E-state index in [-0.39, 0.29) is 5.15 Å². The molecule has 0 amide bonds. The van der Waals surface area contributed by atoms with Crippen molar-refractivity contribution < 1.29 is 4.79 Å². The largest absolute Gasteiger partial charge is 0.297 e. The van der Waals surface area contributed by atoms with E-state index in [9.17, 15) is 4.79 Å². The van der Waals surface area contributed by atoms with Crippen LogP contribution in [0, 0.1) is 0 Å². The van der Waals surface area contributed by atoms with E-state index in [1.165, 1.54) is 11.3 Å². The maximum atomic E-state index is 10.7. The van der Waals surface area contributed by atoms with Gasteiger partial charge in [0.2, 0.25) is 5.13 Å². The molecule has 0 fully saturated rings. The first kappa shape index (κ1) is 12.2. The third kappa shape index (κ3) is 2.23. The molecule has 0 aliphatic carbocycles. The summed E-state index contributed by atoms with van der Waals surface area (Å²) in [5.74, 6) is 1.59. The molecule has 17 heavy (non-hydrogen) atoms. The molecule has 0 bridgehead atoms. The summed E-state index contributed by atoms with van der Waals surface area (Å²) in [6, 6.07) is 0. The first-order valence-electron chi connectivity index (χ1n) is 5.26. The van der Waals surface area contributed by atoms with Crippen molar-refractivity contribution in [3.63, 3.8) is 0 Å². The number of carbonyl (C=O) groups excluding carboxylic acids is 1. The Hall–Kier alpha value is -1.27. The van der Waals surface area contributed by atoms with Crippen LogP contribution >= 0.6 is 22.9 Å². The number of hydrogen-bond acceptors (Lipinski definition) is 5. The molecule has 90 valence electrons. The topological polar surface area (TPSA) is 60.7 Å². The van der Waals surface area contributed by atoms with Gasteiger partial charge in [-0.2, -0.15) is 4.68 Å². The average Bonchev–Trinajstić information content (AvgIpc) is 2.91. The van der Waals surface area contributed by atoms with E-state index in [0.29, 0.717) is 16.3 Å². The molecule has 2 heterocycles. The zero-order valence-electron chi connectivity index (χ0n) is 9.47. The quantitative estimate of drug-likeness (QED) is 0.800. The number of hydrogen-bond donors (Lipinski definition) is 0. The average molecular weight is 271 g/mol. The van der Waals surface area contributed by atoms with Gasteiger partial charge in [-0.05, 0) is 0 Å². The van der Waals surface area contributed by atoms with Crippen molar-refractivity contribution in [3.8, 4) is 5.13 Å². The van der Waals surface area contributed by atoms with Crippen LogP contribution in [-0.2, 0) is 12.8 Å². The van der Waals surface area contributed by atoms with Gasteiger partial charge in [0.1, 0.15) is 10.7 Å². The molecule has 7 heteroatoms. The summed E-state index contributed by atoms with van der Waals surface area (Å²) in [5.41, 5.74) is 0. The van der Waals surface area contributed by atoms with Crippen molar-refractivity contribution in [2.24, 2.45) is 0 Å². The number of nitrogens with zero attached hydrogens (tertiary/aromatic N) is 4. The Morgan fingerprint density at radius 1 is 1.35 bits per heavy atom. The molecule has 0 atom stereocenters. The van der Waals surface area contributed by atoms with Crippen LogP contribution in [-0.4, -0.2) is 26.0 Å². The van der Waals surface area contributed by atoms with E-state index in [2.05, 4.69) is 15.1 Å². The molecule has 2 rings (SSSR count). The van der Waals surface area contributed by atoms with Crippen LogP contribution in [0.15, 0.2) is 0 Å². The van der Waals surface area contributed by atoms with Crippen molar-refractivity contribution in [1.82, 2.24) is 19.7 Å². The molecular formula is C10H11ClN4OS. The lowest BCUT2D eigenvalue weighted by Gasteiger charge is -1.97. The lowest BCUT2D eigenvalue weighted by Crippen LogP contribution is -2.01. The van der Waals surface area contributed by atoms with Crippen LogP contribution in [0.3, 0.4) is 0 Å². The Labute approximate surface area is 107 Å². The van der Waals surface area contributed by atoms with Crippen LogP contribution < -0.4 is 0 Å². The second-order valence-corrected chi connectivity index (χ2v) is 4.70. The van der Waals surface area contributed by atoms with Gasteiger partial charge in [-0.1, -0.05) is 36.8 Å². The fourth-order valence-electron chi connectivity index (χ4n) is 1.39. The Kier molecular flexibility index (Phi) is 3.54. The number of aromatic nitrogens is 4. The first-order valence-corrected chi connectivity index (χ1v) is 6.45. The molecule has 0 aliphatic rings. The van der Waals surface area contributed by atoms with Crippen molar-refractivity contribution in [3.05, 3.63) is 21.7 Å². The summed E-state index contributed by atoms with van der Waals surface area (Å²) in [5, 5.41) is 5.14. The Bertz CT molecular complexity index is 548. The minimum Gasteiger partial charge on any atom is -0.297 e. The SMILES string of the molecule is CCc1nc(CC)n(-c2nc(Cl)c(C=O)s2)n1. The van der Waals surface area contributed by atoms with Crippen LogP contribution in [0.5, 0.6) is 0 Å². The van der Waals surface area contributed by atoms with E-state index in [0.717, 1.165) is 24.5 Å². The second-order valence-electron chi connectivity index (χ2n) is 3.33. The Morgan fingerprint density at radius 2 is 2.12 bits per heavy atom. The van der Waals surface area contributed by atoms with Crippen molar-refractivity contribution in [1.29, 1.82) is 0 Å². The second kappa shape index (κ2) is 4.93. The molecule has 0 saturated heterocycles. The summed E-state index contributed by atoms with van der Waals surface area (Å²) >= 11 is 7.05. The molecule has 0 N–H and O–H groups in total. The predicted molar refractivity (Wildman–Crippen MR) is 66.2 cm³/mol. The predicted octanol–water partition coefficient (Wildman–Crippen LogP) is 2.31. The summed E-state index contributed by atoms with van der Waals surface area (Å²) in [7, 11) is 0. The summed E-state index contributed by atoms with van der Waals surface area (Å²) in [4.78, 5) is 19.6.